The highest BCUT2D eigenvalue weighted by Crippen LogP contribution is 2.30. The van der Waals surface area contributed by atoms with Crippen molar-refractivity contribution in [2.75, 3.05) is 19.6 Å². The first-order valence-electron chi connectivity index (χ1n) is 12.9. The monoisotopic (exact) mass is 481 g/mol. The zero-order chi connectivity index (χ0) is 25.4. The molecular formula is C29H43N3O3. The zero-order valence-corrected chi connectivity index (χ0v) is 21.9. The van der Waals surface area contributed by atoms with Crippen LogP contribution >= 0.6 is 0 Å². The number of aryl methyl sites for hydroxylation is 1. The maximum atomic E-state index is 13.6. The van der Waals surface area contributed by atoms with E-state index in [1.54, 1.807) is 4.90 Å². The van der Waals surface area contributed by atoms with Gasteiger partial charge in [0.25, 0.3) is 0 Å². The first-order chi connectivity index (χ1) is 16.8. The van der Waals surface area contributed by atoms with Gasteiger partial charge in [-0.2, -0.15) is 0 Å². The largest absolute Gasteiger partial charge is 0.444 e. The number of piperazine rings is 1. The van der Waals surface area contributed by atoms with E-state index in [-0.39, 0.29) is 13.4 Å². The minimum atomic E-state index is -0.610. The smallest absolute Gasteiger partial charge is 0.411 e. The van der Waals surface area contributed by atoms with Crippen LogP contribution in [0.25, 0.3) is 0 Å². The van der Waals surface area contributed by atoms with E-state index >= 15 is 0 Å². The lowest BCUT2D eigenvalue weighted by Gasteiger charge is -2.41. The van der Waals surface area contributed by atoms with Gasteiger partial charge >= 0.3 is 6.09 Å². The Morgan fingerprint density at radius 3 is 2.43 bits per heavy atom. The molecule has 0 unspecified atom stereocenters. The first kappa shape index (κ1) is 26.7. The number of hydrogen-bond donors (Lipinski definition) is 1. The molecule has 192 valence electrons. The highest BCUT2D eigenvalue weighted by atomic mass is 16.6. The van der Waals surface area contributed by atoms with Crippen LogP contribution in [0.3, 0.4) is 0 Å². The molecule has 2 aromatic carbocycles. The molecule has 1 aliphatic carbocycles. The molecule has 6 nitrogen and oxygen atoms in total. The Labute approximate surface area is 212 Å². The van der Waals surface area contributed by atoms with Gasteiger partial charge in [0, 0.05) is 27.6 Å². The van der Waals surface area contributed by atoms with Crippen LogP contribution in [0, 0.1) is 0 Å². The molecule has 1 aliphatic heterocycles. The molecule has 0 bridgehead atoms. The molecule has 4 rings (SSSR count). The molecule has 1 fully saturated rings. The quantitative estimate of drug-likeness (QED) is 0.620. The summed E-state index contributed by atoms with van der Waals surface area (Å²) in [5, 5.41) is 3.26. The summed E-state index contributed by atoms with van der Waals surface area (Å²) in [5.41, 5.74) is 3.08. The van der Waals surface area contributed by atoms with Crippen LogP contribution in [-0.4, -0.2) is 53.1 Å². The second-order valence-electron chi connectivity index (χ2n) is 10.1. The van der Waals surface area contributed by atoms with Crippen molar-refractivity contribution in [1.29, 1.82) is 0 Å². The fraction of sp³-hybridized carbons (Fsp3) is 0.517. The number of ether oxygens (including phenoxy) is 1. The van der Waals surface area contributed by atoms with Gasteiger partial charge in [-0.3, -0.25) is 14.6 Å². The molecule has 0 spiro atoms. The van der Waals surface area contributed by atoms with Crippen LogP contribution in [0.1, 0.15) is 71.6 Å². The van der Waals surface area contributed by atoms with Gasteiger partial charge in [0.1, 0.15) is 11.6 Å². The lowest BCUT2D eigenvalue weighted by Crippen LogP contribution is -2.61. The molecule has 0 radical (unpaired) electrons. The average molecular weight is 482 g/mol. The van der Waals surface area contributed by atoms with E-state index in [1.165, 1.54) is 16.7 Å². The summed E-state index contributed by atoms with van der Waals surface area (Å²) in [7, 11) is 0. The molecule has 2 aliphatic rings. The van der Waals surface area contributed by atoms with Crippen molar-refractivity contribution in [3.63, 3.8) is 0 Å². The van der Waals surface area contributed by atoms with Crippen LogP contribution in [0.2, 0.25) is 0 Å². The highest BCUT2D eigenvalue weighted by Gasteiger charge is 2.38. The summed E-state index contributed by atoms with van der Waals surface area (Å²) in [6.07, 6.45) is 2.57. The van der Waals surface area contributed by atoms with Gasteiger partial charge < -0.3 is 10.1 Å². The SMILES string of the molecule is CC.CC(C)(C)OC(=O)N1CCN(Cc2ccccc2)C[C@H]1C(=O)N[C@@H]1CCCc2ccccc21.[HH]. The Balaban J connectivity index is 0.00000148. The van der Waals surface area contributed by atoms with Crippen molar-refractivity contribution in [3.8, 4) is 0 Å². The number of fused-ring (bicyclic) bond motifs is 1. The Bertz CT molecular complexity index is 977. The third kappa shape index (κ3) is 7.31. The summed E-state index contributed by atoms with van der Waals surface area (Å²) < 4.78 is 5.65. The Morgan fingerprint density at radius 1 is 1.03 bits per heavy atom. The third-order valence-corrected chi connectivity index (χ3v) is 6.33. The number of benzene rings is 2. The normalized spacial score (nSPS) is 20.2. The van der Waals surface area contributed by atoms with Gasteiger partial charge in [0.05, 0.1) is 6.04 Å². The van der Waals surface area contributed by atoms with Crippen molar-refractivity contribution < 1.29 is 15.8 Å². The average Bonchev–Trinajstić information content (AvgIpc) is 2.85. The molecule has 2 atom stereocenters. The first-order valence-corrected chi connectivity index (χ1v) is 12.9. The predicted octanol–water partition coefficient (Wildman–Crippen LogP) is 5.57. The van der Waals surface area contributed by atoms with Crippen molar-refractivity contribution in [1.82, 2.24) is 15.1 Å². The van der Waals surface area contributed by atoms with Gasteiger partial charge in [-0.1, -0.05) is 68.4 Å². The van der Waals surface area contributed by atoms with Gasteiger partial charge in [-0.25, -0.2) is 4.79 Å². The van der Waals surface area contributed by atoms with Crippen molar-refractivity contribution >= 4 is 12.0 Å². The van der Waals surface area contributed by atoms with E-state index in [0.717, 1.165) is 25.8 Å². The Morgan fingerprint density at radius 2 is 1.71 bits per heavy atom. The Hall–Kier alpha value is -2.86. The van der Waals surface area contributed by atoms with Gasteiger partial charge in [-0.15, -0.1) is 0 Å². The number of nitrogens with one attached hydrogen (secondary N) is 1. The van der Waals surface area contributed by atoms with Gasteiger partial charge in [0.15, 0.2) is 0 Å². The molecule has 6 heteroatoms. The molecule has 1 N–H and O–H groups in total. The lowest BCUT2D eigenvalue weighted by molar-refractivity contribution is -0.129. The minimum Gasteiger partial charge on any atom is -0.444 e. The zero-order valence-electron chi connectivity index (χ0n) is 21.9. The summed E-state index contributed by atoms with van der Waals surface area (Å²) in [6, 6.07) is 17.9. The molecule has 2 aromatic rings. The van der Waals surface area contributed by atoms with E-state index < -0.39 is 17.7 Å². The van der Waals surface area contributed by atoms with Gasteiger partial charge in [-0.05, 0) is 56.7 Å². The topological polar surface area (TPSA) is 61.9 Å². The molecule has 0 saturated carbocycles. The van der Waals surface area contributed by atoms with E-state index in [1.807, 2.05) is 58.9 Å². The van der Waals surface area contributed by atoms with Crippen molar-refractivity contribution in [2.24, 2.45) is 0 Å². The highest BCUT2D eigenvalue weighted by molar-refractivity contribution is 5.86. The Kier molecular flexibility index (Phi) is 9.33. The number of hydrogen-bond acceptors (Lipinski definition) is 4. The van der Waals surface area contributed by atoms with E-state index in [9.17, 15) is 9.59 Å². The van der Waals surface area contributed by atoms with Crippen molar-refractivity contribution in [2.45, 2.75) is 78.1 Å². The maximum absolute atomic E-state index is 13.6. The molecule has 0 aromatic heterocycles. The van der Waals surface area contributed by atoms with Gasteiger partial charge in [0.2, 0.25) is 5.91 Å². The second kappa shape index (κ2) is 12.2. The number of amides is 2. The van der Waals surface area contributed by atoms with Crippen LogP contribution < -0.4 is 5.32 Å². The van der Waals surface area contributed by atoms with Crippen LogP contribution in [0.15, 0.2) is 54.6 Å². The molecule has 1 saturated heterocycles. The van der Waals surface area contributed by atoms with E-state index in [4.69, 9.17) is 4.74 Å². The molecular weight excluding hydrogens is 438 g/mol. The lowest BCUT2D eigenvalue weighted by atomic mass is 9.87. The number of nitrogens with zero attached hydrogens (tertiary/aromatic N) is 2. The standard InChI is InChI=1S/C27H35N3O3.C2H6.H2/c1-27(2,3)33-26(32)30-17-16-29(18-20-10-5-4-6-11-20)19-24(30)25(31)28-23-15-9-13-21-12-7-8-14-22(21)23;1-2;/h4-8,10-12,14,23-24H,9,13,15-19H2,1-3H3,(H,28,31);1-2H3;1H/t23-,24+;;/m1../s1. The van der Waals surface area contributed by atoms with E-state index in [2.05, 4.69) is 40.5 Å². The number of rotatable bonds is 4. The number of carbonyl (C=O) groups excluding carboxylic acids is 2. The fourth-order valence-corrected chi connectivity index (χ4v) is 4.76. The summed E-state index contributed by atoms with van der Waals surface area (Å²) in [4.78, 5) is 30.4. The van der Waals surface area contributed by atoms with Crippen LogP contribution in [-0.2, 0) is 22.5 Å². The summed E-state index contributed by atoms with van der Waals surface area (Å²) in [5.74, 6) is -0.111. The summed E-state index contributed by atoms with van der Waals surface area (Å²) in [6.45, 7) is 11.9. The van der Waals surface area contributed by atoms with Crippen LogP contribution in [0.5, 0.6) is 0 Å². The fourth-order valence-electron chi connectivity index (χ4n) is 4.76. The molecule has 1 heterocycles. The molecule has 35 heavy (non-hydrogen) atoms. The predicted molar refractivity (Wildman–Crippen MR) is 142 cm³/mol. The maximum Gasteiger partial charge on any atom is 0.411 e. The van der Waals surface area contributed by atoms with E-state index in [0.29, 0.717) is 19.6 Å². The second-order valence-corrected chi connectivity index (χ2v) is 10.1. The third-order valence-electron chi connectivity index (χ3n) is 6.33. The molecule has 2 amide bonds. The van der Waals surface area contributed by atoms with Crippen LogP contribution in [0.4, 0.5) is 4.79 Å². The number of carbonyl (C=O) groups is 2. The summed E-state index contributed by atoms with van der Waals surface area (Å²) >= 11 is 0. The van der Waals surface area contributed by atoms with Crippen molar-refractivity contribution in [3.05, 3.63) is 71.3 Å². The minimum absolute atomic E-state index is 0.